The van der Waals surface area contributed by atoms with Gasteiger partial charge in [-0.25, -0.2) is 31.5 Å². The Labute approximate surface area is 324 Å². The highest BCUT2D eigenvalue weighted by Crippen LogP contribution is 2.49. The monoisotopic (exact) mass is 903 g/mol. The van der Waals surface area contributed by atoms with Crippen molar-refractivity contribution in [2.75, 3.05) is 30.5 Å². The molecule has 0 amide bonds. The number of anilines is 1. The van der Waals surface area contributed by atoms with E-state index in [1.54, 1.807) is 0 Å². The number of nitrogen functional groups attached to an aromatic ring is 1. The molecule has 0 aromatic heterocycles. The van der Waals surface area contributed by atoms with Crippen LogP contribution in [0, 0.1) is 0 Å². The third kappa shape index (κ3) is 12.0. The van der Waals surface area contributed by atoms with E-state index in [2.05, 4.69) is 43.4 Å². The van der Waals surface area contributed by atoms with E-state index in [4.69, 9.17) is 25.0 Å². The number of azo groups is 2. The summed E-state index contributed by atoms with van der Waals surface area (Å²) in [6, 6.07) is 11.5. The molecule has 0 saturated heterocycles. The van der Waals surface area contributed by atoms with Crippen molar-refractivity contribution in [2.45, 2.75) is 19.6 Å². The van der Waals surface area contributed by atoms with Gasteiger partial charge in [0.25, 0.3) is 10.1 Å². The molecule has 0 aliphatic rings. The second-order valence-electron chi connectivity index (χ2n) is 10.3. The highest BCUT2D eigenvalue weighted by molar-refractivity contribution is 7.94. The molecule has 24 nitrogen and oxygen atoms in total. The van der Waals surface area contributed by atoms with E-state index in [9.17, 15) is 43.3 Å². The van der Waals surface area contributed by atoms with Crippen LogP contribution in [-0.4, -0.2) is 83.1 Å². The molecule has 0 radical (unpaired) electrons. The van der Waals surface area contributed by atoms with Crippen LogP contribution in [0.25, 0.3) is 10.8 Å². The summed E-state index contributed by atoms with van der Waals surface area (Å²) in [5, 5.41) is 50.3. The molecule has 0 unspecified atom stereocenters. The third-order valence-electron chi connectivity index (χ3n) is 6.76. The Morgan fingerprint density at radius 3 is 1.79 bits per heavy atom. The minimum atomic E-state index is -5.15. The predicted octanol–water partition coefficient (Wildman–Crippen LogP) is 5.00. The van der Waals surface area contributed by atoms with E-state index in [0.29, 0.717) is 0 Å². The van der Waals surface area contributed by atoms with Crippen LogP contribution in [0.1, 0.15) is 0 Å². The van der Waals surface area contributed by atoms with Crippen molar-refractivity contribution in [3.05, 3.63) is 60.7 Å². The zero-order valence-electron chi connectivity index (χ0n) is 27.4. The standard InChI is InChI=1S/C26H25N5O19S6/c27-23-22-15(12-21(55(39,40)41)25(23)31-29-17-4-2-6-19(14-17)54(37,38)10-8-46-56(42,43)44)11-20(51-49-47-33)24(26(22)32)30-28-16-3-1-5-18(13-16)53(35,36)9-7-45-52-50-48-34/h1-6,11-14,32-34H,7-10,27H2,(H,39,40,41)(H,42,43,44). The molecule has 7 N–H and O–H groups in total. The topological polar surface area (TPSA) is 369 Å². The lowest BCUT2D eigenvalue weighted by atomic mass is 10.1. The maximum absolute atomic E-state index is 12.8. The van der Waals surface area contributed by atoms with Crippen molar-refractivity contribution >= 4 is 104 Å². The van der Waals surface area contributed by atoms with Gasteiger partial charge in [0.15, 0.2) is 37.7 Å². The van der Waals surface area contributed by atoms with Crippen molar-refractivity contribution < 1.29 is 85.5 Å². The van der Waals surface area contributed by atoms with Crippen molar-refractivity contribution in [2.24, 2.45) is 20.5 Å². The summed E-state index contributed by atoms with van der Waals surface area (Å²) < 4.78 is 133. The molecule has 0 bridgehead atoms. The molecule has 0 spiro atoms. The van der Waals surface area contributed by atoms with Gasteiger partial charge in [0.05, 0.1) is 73.9 Å². The number of hydrogen-bond donors (Lipinski definition) is 6. The molecule has 0 aliphatic carbocycles. The van der Waals surface area contributed by atoms with E-state index >= 15 is 0 Å². The van der Waals surface area contributed by atoms with E-state index in [-0.39, 0.29) is 62.9 Å². The van der Waals surface area contributed by atoms with Gasteiger partial charge in [0.1, 0.15) is 16.3 Å². The smallest absolute Gasteiger partial charge is 0.397 e. The maximum atomic E-state index is 12.8. The number of fused-ring (bicyclic) bond motifs is 1. The summed E-state index contributed by atoms with van der Waals surface area (Å²) in [4.78, 5) is -1.76. The van der Waals surface area contributed by atoms with E-state index < -0.39 is 90.9 Å². The normalized spacial score (nSPS) is 13.0. The van der Waals surface area contributed by atoms with Gasteiger partial charge in [-0.2, -0.15) is 27.1 Å². The first kappa shape index (κ1) is 44.8. The molecular formula is C26H25N5O19S6. The van der Waals surface area contributed by atoms with Crippen LogP contribution in [0.15, 0.2) is 101 Å². The summed E-state index contributed by atoms with van der Waals surface area (Å²) in [7, 11) is -18.3. The molecule has 4 rings (SSSR count). The van der Waals surface area contributed by atoms with Gasteiger partial charge in [-0.15, -0.1) is 18.9 Å². The van der Waals surface area contributed by atoms with Crippen molar-refractivity contribution in [3.8, 4) is 5.75 Å². The Hall–Kier alpha value is -3.96. The van der Waals surface area contributed by atoms with Gasteiger partial charge in [-0.3, -0.25) is 13.3 Å². The quantitative estimate of drug-likeness (QED) is 0.0129. The number of nitrogens with zero attached hydrogens (tertiary/aromatic N) is 4. The zero-order chi connectivity index (χ0) is 41.3. The Kier molecular flexibility index (Phi) is 15.2. The third-order valence-corrected chi connectivity index (χ3v) is 12.4. The SMILES string of the molecule is Nc1c(N=Nc2cccc(S(=O)(=O)CCOS(=O)(=O)O)c2)c(S(=O)(=O)O)cc2cc(SOOO)c(N=Nc3cccc(S(=O)(=O)CCOSOOO)c3)c(O)c12. The number of phenols is 1. The van der Waals surface area contributed by atoms with E-state index in [1.165, 1.54) is 30.3 Å². The minimum absolute atomic E-state index is 0.0625. The van der Waals surface area contributed by atoms with Gasteiger partial charge in [0.2, 0.25) is 0 Å². The summed E-state index contributed by atoms with van der Waals surface area (Å²) in [5.41, 5.74) is 4.21. The summed E-state index contributed by atoms with van der Waals surface area (Å²) in [5.74, 6) is -2.23. The second-order valence-corrected chi connectivity index (χ2v) is 18.3. The highest BCUT2D eigenvalue weighted by atomic mass is 32.3. The summed E-state index contributed by atoms with van der Waals surface area (Å²) in [6.07, 6.45) is 0. The summed E-state index contributed by atoms with van der Waals surface area (Å²) >= 11 is 0.426. The number of phenolic OH excluding ortho intramolecular Hbond substituents is 1. The van der Waals surface area contributed by atoms with Crippen LogP contribution in [0.3, 0.4) is 0 Å². The van der Waals surface area contributed by atoms with Crippen LogP contribution >= 0.6 is 24.4 Å². The molecule has 0 fully saturated rings. The Bertz CT molecular complexity index is 2590. The fourth-order valence-electron chi connectivity index (χ4n) is 4.41. The molecule has 56 heavy (non-hydrogen) atoms. The Balaban J connectivity index is 1.78. The summed E-state index contributed by atoms with van der Waals surface area (Å²) in [6.45, 7) is -1.30. The molecular weight excluding hydrogens is 879 g/mol. The van der Waals surface area contributed by atoms with Crippen LogP contribution < -0.4 is 5.73 Å². The first-order chi connectivity index (χ1) is 26.3. The lowest BCUT2D eigenvalue weighted by molar-refractivity contribution is -0.434. The Morgan fingerprint density at radius 1 is 0.696 bits per heavy atom. The number of hydrogen-bond acceptors (Lipinski definition) is 24. The molecule has 30 heteroatoms. The molecule has 0 atom stereocenters. The predicted molar refractivity (Wildman–Crippen MR) is 192 cm³/mol. The molecule has 4 aromatic carbocycles. The molecule has 0 heterocycles. The number of rotatable bonds is 20. The van der Waals surface area contributed by atoms with Gasteiger partial charge < -0.3 is 10.8 Å². The van der Waals surface area contributed by atoms with E-state index in [1.807, 2.05) is 0 Å². The molecule has 0 aliphatic heterocycles. The zero-order valence-corrected chi connectivity index (χ0v) is 32.3. The van der Waals surface area contributed by atoms with Crippen LogP contribution in [0.2, 0.25) is 0 Å². The molecule has 4 aromatic rings. The average molecular weight is 904 g/mol. The van der Waals surface area contributed by atoms with Crippen LogP contribution in [0.5, 0.6) is 5.75 Å². The molecule has 0 saturated carbocycles. The van der Waals surface area contributed by atoms with Crippen molar-refractivity contribution in [3.63, 3.8) is 0 Å². The van der Waals surface area contributed by atoms with Crippen LogP contribution in [0.4, 0.5) is 28.4 Å². The number of sulfone groups is 2. The van der Waals surface area contributed by atoms with Crippen molar-refractivity contribution in [1.29, 1.82) is 0 Å². The number of nitrogens with two attached hydrogens (primary N) is 1. The minimum Gasteiger partial charge on any atom is -0.505 e. The lowest BCUT2D eigenvalue weighted by Crippen LogP contribution is -2.15. The van der Waals surface area contributed by atoms with Gasteiger partial charge in [0, 0.05) is 0 Å². The number of aromatic hydroxyl groups is 1. The largest absolute Gasteiger partial charge is 0.505 e. The first-order valence-corrected chi connectivity index (χ1v) is 21.9. The van der Waals surface area contributed by atoms with Crippen LogP contribution in [-0.2, 0) is 67.3 Å². The van der Waals surface area contributed by atoms with Gasteiger partial charge >= 0.3 is 10.4 Å². The molecule has 304 valence electrons. The number of benzene rings is 4. The first-order valence-electron chi connectivity index (χ1n) is 14.4. The average Bonchev–Trinajstić information content (AvgIpc) is 3.12. The maximum Gasteiger partial charge on any atom is 0.397 e. The lowest BCUT2D eigenvalue weighted by Gasteiger charge is -2.14. The van der Waals surface area contributed by atoms with E-state index in [0.717, 1.165) is 30.3 Å². The van der Waals surface area contributed by atoms with Gasteiger partial charge in [-0.1, -0.05) is 22.2 Å². The second kappa shape index (κ2) is 19.0. The van der Waals surface area contributed by atoms with Gasteiger partial charge in [-0.05, 0) is 53.9 Å². The fourth-order valence-corrected chi connectivity index (χ4v) is 8.55. The van der Waals surface area contributed by atoms with Crippen molar-refractivity contribution in [1.82, 2.24) is 0 Å². The Morgan fingerprint density at radius 2 is 1.25 bits per heavy atom. The highest BCUT2D eigenvalue weighted by Gasteiger charge is 2.26. The fraction of sp³-hybridized carbons (Fsp3) is 0.154.